The molecule has 0 N–H and O–H groups in total. The van der Waals surface area contributed by atoms with Crippen molar-refractivity contribution in [2.75, 3.05) is 25.0 Å². The van der Waals surface area contributed by atoms with Gasteiger partial charge in [-0.3, -0.25) is 4.79 Å². The SMILES string of the molecule is CN(Cc1ccc(N2CCCCC2)cc1)C(=O)CC1C=CCC1. The molecule has 1 aliphatic heterocycles. The van der Waals surface area contributed by atoms with Crippen LogP contribution in [0.3, 0.4) is 0 Å². The molecule has 1 saturated heterocycles. The van der Waals surface area contributed by atoms with Gasteiger partial charge in [-0.25, -0.2) is 0 Å². The maximum absolute atomic E-state index is 12.3. The van der Waals surface area contributed by atoms with Crippen molar-refractivity contribution in [1.82, 2.24) is 4.90 Å². The number of rotatable bonds is 5. The summed E-state index contributed by atoms with van der Waals surface area (Å²) in [7, 11) is 1.92. The molecule has 0 saturated carbocycles. The number of amides is 1. The van der Waals surface area contributed by atoms with E-state index in [0.29, 0.717) is 18.9 Å². The van der Waals surface area contributed by atoms with Crippen LogP contribution in [0.4, 0.5) is 5.69 Å². The highest BCUT2D eigenvalue weighted by Crippen LogP contribution is 2.23. The Labute approximate surface area is 140 Å². The quantitative estimate of drug-likeness (QED) is 0.768. The molecule has 1 aromatic rings. The molecular weight excluding hydrogens is 284 g/mol. The molecule has 0 aromatic heterocycles. The van der Waals surface area contributed by atoms with Crippen molar-refractivity contribution in [1.29, 1.82) is 0 Å². The predicted octanol–water partition coefficient (Wildman–Crippen LogP) is 3.99. The van der Waals surface area contributed by atoms with E-state index in [9.17, 15) is 4.79 Å². The molecule has 3 heteroatoms. The van der Waals surface area contributed by atoms with Gasteiger partial charge in [0.25, 0.3) is 0 Å². The third kappa shape index (κ3) is 4.37. The van der Waals surface area contributed by atoms with Crippen LogP contribution in [-0.4, -0.2) is 30.9 Å². The molecule has 2 aliphatic rings. The minimum absolute atomic E-state index is 0.252. The first kappa shape index (κ1) is 16.1. The molecule has 1 atom stereocenters. The molecule has 3 rings (SSSR count). The Kier molecular flexibility index (Phi) is 5.37. The first-order chi connectivity index (χ1) is 11.2. The van der Waals surface area contributed by atoms with E-state index >= 15 is 0 Å². The Hall–Kier alpha value is -1.77. The summed E-state index contributed by atoms with van der Waals surface area (Å²) in [5.74, 6) is 0.702. The molecule has 1 fully saturated rings. The van der Waals surface area contributed by atoms with Gasteiger partial charge in [0, 0.05) is 38.8 Å². The topological polar surface area (TPSA) is 23.6 Å². The normalized spacial score (nSPS) is 20.7. The summed E-state index contributed by atoms with van der Waals surface area (Å²) in [5, 5.41) is 0. The molecule has 1 heterocycles. The summed E-state index contributed by atoms with van der Waals surface area (Å²) in [4.78, 5) is 16.6. The van der Waals surface area contributed by atoms with Crippen molar-refractivity contribution >= 4 is 11.6 Å². The van der Waals surface area contributed by atoms with E-state index in [2.05, 4.69) is 41.3 Å². The van der Waals surface area contributed by atoms with Crippen molar-refractivity contribution in [3.8, 4) is 0 Å². The van der Waals surface area contributed by atoms with Crippen molar-refractivity contribution in [3.63, 3.8) is 0 Å². The fourth-order valence-electron chi connectivity index (χ4n) is 3.57. The highest BCUT2D eigenvalue weighted by molar-refractivity contribution is 5.76. The van der Waals surface area contributed by atoms with Crippen LogP contribution < -0.4 is 4.90 Å². The lowest BCUT2D eigenvalue weighted by atomic mass is 10.0. The van der Waals surface area contributed by atoms with E-state index in [-0.39, 0.29) is 5.91 Å². The van der Waals surface area contributed by atoms with Crippen LogP contribution in [0.25, 0.3) is 0 Å². The van der Waals surface area contributed by atoms with Crippen LogP contribution in [0.15, 0.2) is 36.4 Å². The van der Waals surface area contributed by atoms with E-state index in [1.165, 1.54) is 43.6 Å². The zero-order valence-electron chi connectivity index (χ0n) is 14.2. The van der Waals surface area contributed by atoms with Gasteiger partial charge in [-0.2, -0.15) is 0 Å². The summed E-state index contributed by atoms with van der Waals surface area (Å²) >= 11 is 0. The molecule has 1 amide bonds. The van der Waals surface area contributed by atoms with Crippen LogP contribution in [0.2, 0.25) is 0 Å². The van der Waals surface area contributed by atoms with Crippen molar-refractivity contribution in [2.24, 2.45) is 5.92 Å². The Morgan fingerprint density at radius 1 is 1.17 bits per heavy atom. The van der Waals surface area contributed by atoms with Gasteiger partial charge in [0.1, 0.15) is 0 Å². The van der Waals surface area contributed by atoms with Crippen molar-refractivity contribution in [3.05, 3.63) is 42.0 Å². The second-order valence-corrected chi connectivity index (χ2v) is 6.93. The molecule has 1 aromatic carbocycles. The van der Waals surface area contributed by atoms with E-state index in [4.69, 9.17) is 0 Å². The third-order valence-electron chi connectivity index (χ3n) is 5.05. The third-order valence-corrected chi connectivity index (χ3v) is 5.05. The first-order valence-electron chi connectivity index (χ1n) is 8.97. The van der Waals surface area contributed by atoms with Gasteiger partial charge < -0.3 is 9.80 Å². The predicted molar refractivity (Wildman–Crippen MR) is 95.5 cm³/mol. The number of hydrogen-bond donors (Lipinski definition) is 0. The lowest BCUT2D eigenvalue weighted by Crippen LogP contribution is -2.29. The maximum Gasteiger partial charge on any atom is 0.223 e. The summed E-state index contributed by atoms with van der Waals surface area (Å²) in [6, 6.07) is 8.75. The Morgan fingerprint density at radius 3 is 2.57 bits per heavy atom. The average Bonchev–Trinajstić information content (AvgIpc) is 3.09. The monoisotopic (exact) mass is 312 g/mol. The molecule has 0 bridgehead atoms. The van der Waals surface area contributed by atoms with Gasteiger partial charge >= 0.3 is 0 Å². The minimum atomic E-state index is 0.252. The van der Waals surface area contributed by atoms with E-state index in [0.717, 1.165) is 12.8 Å². The fraction of sp³-hybridized carbons (Fsp3) is 0.550. The van der Waals surface area contributed by atoms with Crippen LogP contribution in [0.1, 0.15) is 44.1 Å². The zero-order valence-corrected chi connectivity index (χ0v) is 14.2. The summed E-state index contributed by atoms with van der Waals surface area (Å²) in [5.41, 5.74) is 2.53. The second kappa shape index (κ2) is 7.67. The van der Waals surface area contributed by atoms with E-state index in [1.54, 1.807) is 0 Å². The summed E-state index contributed by atoms with van der Waals surface area (Å²) in [6.45, 7) is 3.05. The Balaban J connectivity index is 1.52. The average molecular weight is 312 g/mol. The molecule has 124 valence electrons. The summed E-state index contributed by atoms with van der Waals surface area (Å²) < 4.78 is 0. The van der Waals surface area contributed by atoms with Crippen molar-refractivity contribution in [2.45, 2.75) is 45.1 Å². The van der Waals surface area contributed by atoms with Gasteiger partial charge in [-0.1, -0.05) is 24.3 Å². The van der Waals surface area contributed by atoms with Gasteiger partial charge in [-0.15, -0.1) is 0 Å². The number of carbonyl (C=O) groups excluding carboxylic acids is 1. The maximum atomic E-state index is 12.3. The number of benzene rings is 1. The number of piperidine rings is 1. The standard InChI is InChI=1S/C20H28N2O/c1-21(20(23)15-17-7-3-4-8-17)16-18-9-11-19(12-10-18)22-13-5-2-6-14-22/h3,7,9-12,17H,2,4-6,8,13-16H2,1H3. The number of carbonyl (C=O) groups is 1. The smallest absolute Gasteiger partial charge is 0.223 e. The van der Waals surface area contributed by atoms with E-state index < -0.39 is 0 Å². The number of allylic oxidation sites excluding steroid dienone is 2. The number of nitrogens with zero attached hydrogens (tertiary/aromatic N) is 2. The van der Waals surface area contributed by atoms with Crippen molar-refractivity contribution < 1.29 is 4.79 Å². The van der Waals surface area contributed by atoms with Gasteiger partial charge in [0.15, 0.2) is 0 Å². The fourth-order valence-corrected chi connectivity index (χ4v) is 3.57. The van der Waals surface area contributed by atoms with Gasteiger partial charge in [0.2, 0.25) is 5.91 Å². The summed E-state index contributed by atoms with van der Waals surface area (Å²) in [6.07, 6.45) is 11.2. The highest BCUT2D eigenvalue weighted by atomic mass is 16.2. The molecule has 1 unspecified atom stereocenters. The Morgan fingerprint density at radius 2 is 1.91 bits per heavy atom. The highest BCUT2D eigenvalue weighted by Gasteiger charge is 2.17. The Bertz CT molecular complexity index is 543. The van der Waals surface area contributed by atoms with Crippen LogP contribution in [0.5, 0.6) is 0 Å². The molecule has 0 spiro atoms. The molecule has 0 radical (unpaired) electrons. The lowest BCUT2D eigenvalue weighted by Gasteiger charge is -2.29. The van der Waals surface area contributed by atoms with E-state index in [1.807, 2.05) is 11.9 Å². The van der Waals surface area contributed by atoms with Crippen LogP contribution >= 0.6 is 0 Å². The molecule has 23 heavy (non-hydrogen) atoms. The lowest BCUT2D eigenvalue weighted by molar-refractivity contribution is -0.131. The molecular formula is C20H28N2O. The van der Waals surface area contributed by atoms with Gasteiger partial charge in [0.05, 0.1) is 0 Å². The number of anilines is 1. The largest absolute Gasteiger partial charge is 0.372 e. The molecule has 1 aliphatic carbocycles. The first-order valence-corrected chi connectivity index (χ1v) is 8.97. The van der Waals surface area contributed by atoms with Crippen LogP contribution in [-0.2, 0) is 11.3 Å². The molecule has 3 nitrogen and oxygen atoms in total. The van der Waals surface area contributed by atoms with Crippen LogP contribution in [0, 0.1) is 5.92 Å². The minimum Gasteiger partial charge on any atom is -0.372 e. The zero-order chi connectivity index (χ0) is 16.1. The van der Waals surface area contributed by atoms with Gasteiger partial charge in [-0.05, 0) is 55.7 Å². The second-order valence-electron chi connectivity index (χ2n) is 6.93. The number of hydrogen-bond acceptors (Lipinski definition) is 2.